The molecule has 112 valence electrons. The van der Waals surface area contributed by atoms with Gasteiger partial charge in [0, 0.05) is 18.4 Å². The van der Waals surface area contributed by atoms with Gasteiger partial charge in [0.05, 0.1) is 0 Å². The van der Waals surface area contributed by atoms with Gasteiger partial charge in [0.2, 0.25) is 0 Å². The van der Waals surface area contributed by atoms with Gasteiger partial charge in [-0.3, -0.25) is 4.98 Å². The van der Waals surface area contributed by atoms with Crippen LogP contribution in [0.2, 0.25) is 0 Å². The molecule has 0 radical (unpaired) electrons. The van der Waals surface area contributed by atoms with Crippen molar-refractivity contribution in [3.8, 4) is 0 Å². The minimum Gasteiger partial charge on any atom is -0.312 e. The lowest BCUT2D eigenvalue weighted by molar-refractivity contribution is 0.149. The van der Waals surface area contributed by atoms with Crippen LogP contribution < -0.4 is 5.32 Å². The number of rotatable bonds is 4. The van der Waals surface area contributed by atoms with Crippen LogP contribution in [0.1, 0.15) is 57.7 Å². The average molecular weight is 274 g/mol. The largest absolute Gasteiger partial charge is 0.312 e. The summed E-state index contributed by atoms with van der Waals surface area (Å²) in [7, 11) is 0. The smallest absolute Gasteiger partial charge is 0.0372 e. The van der Waals surface area contributed by atoms with Crippen LogP contribution >= 0.6 is 0 Å². The van der Waals surface area contributed by atoms with E-state index in [1.807, 2.05) is 13.1 Å². The number of aromatic nitrogens is 1. The molecule has 0 aliphatic heterocycles. The lowest BCUT2D eigenvalue weighted by Gasteiger charge is -2.37. The van der Waals surface area contributed by atoms with Gasteiger partial charge in [-0.05, 0) is 68.0 Å². The average Bonchev–Trinajstić information content (AvgIpc) is 2.41. The fourth-order valence-electron chi connectivity index (χ4n) is 3.26. The number of hydrogen-bond acceptors (Lipinski definition) is 2. The highest BCUT2D eigenvalue weighted by molar-refractivity contribution is 5.12. The van der Waals surface area contributed by atoms with Gasteiger partial charge in [-0.15, -0.1) is 0 Å². The van der Waals surface area contributed by atoms with Gasteiger partial charge in [0.15, 0.2) is 0 Å². The lowest BCUT2D eigenvalue weighted by atomic mass is 9.70. The first-order valence-corrected chi connectivity index (χ1v) is 8.07. The zero-order chi connectivity index (χ0) is 14.6. The fourth-order valence-corrected chi connectivity index (χ4v) is 3.26. The number of nitrogens with zero attached hydrogens (tertiary/aromatic N) is 1. The minimum absolute atomic E-state index is 0.492. The van der Waals surface area contributed by atoms with Gasteiger partial charge < -0.3 is 5.32 Å². The summed E-state index contributed by atoms with van der Waals surface area (Å²) in [6.45, 7) is 11.3. The first-order chi connectivity index (χ1) is 9.45. The molecule has 2 heteroatoms. The molecular weight excluding hydrogens is 244 g/mol. The second-order valence-corrected chi connectivity index (χ2v) is 7.52. The van der Waals surface area contributed by atoms with Crippen molar-refractivity contribution in [2.75, 3.05) is 6.54 Å². The van der Waals surface area contributed by atoms with Gasteiger partial charge in [-0.2, -0.15) is 0 Å². The maximum Gasteiger partial charge on any atom is 0.0372 e. The Balaban J connectivity index is 1.67. The summed E-state index contributed by atoms with van der Waals surface area (Å²) in [5.41, 5.74) is 2.87. The third kappa shape index (κ3) is 4.59. The normalized spacial score (nSPS) is 23.8. The van der Waals surface area contributed by atoms with E-state index in [-0.39, 0.29) is 0 Å². The van der Waals surface area contributed by atoms with Crippen molar-refractivity contribution >= 4 is 0 Å². The predicted molar refractivity (Wildman–Crippen MR) is 85.6 cm³/mol. The van der Waals surface area contributed by atoms with Gasteiger partial charge in [-0.25, -0.2) is 0 Å². The topological polar surface area (TPSA) is 24.9 Å². The molecule has 0 bridgehead atoms. The van der Waals surface area contributed by atoms with Crippen LogP contribution in [0.25, 0.3) is 0 Å². The molecule has 1 fully saturated rings. The molecule has 0 unspecified atom stereocenters. The second kappa shape index (κ2) is 6.71. The predicted octanol–water partition coefficient (Wildman–Crippen LogP) is 4.33. The van der Waals surface area contributed by atoms with Crippen molar-refractivity contribution in [1.29, 1.82) is 0 Å². The van der Waals surface area contributed by atoms with E-state index in [0.717, 1.165) is 30.6 Å². The third-order valence-corrected chi connectivity index (χ3v) is 4.81. The van der Waals surface area contributed by atoms with Crippen LogP contribution in [0.15, 0.2) is 18.3 Å². The van der Waals surface area contributed by atoms with Crippen LogP contribution in [-0.2, 0) is 6.54 Å². The number of nitrogens with one attached hydrogen (secondary N) is 1. The molecule has 1 saturated carbocycles. The number of pyridine rings is 1. The number of aryl methyl sites for hydroxylation is 1. The van der Waals surface area contributed by atoms with E-state index in [1.54, 1.807) is 0 Å². The Labute approximate surface area is 124 Å². The quantitative estimate of drug-likeness (QED) is 0.884. The fraction of sp³-hybridized carbons (Fsp3) is 0.722. The molecule has 0 amide bonds. The lowest BCUT2D eigenvalue weighted by Crippen LogP contribution is -2.30. The highest BCUT2D eigenvalue weighted by Crippen LogP contribution is 2.39. The molecule has 1 aliphatic carbocycles. The first kappa shape index (κ1) is 15.5. The molecule has 0 saturated heterocycles. The van der Waals surface area contributed by atoms with Crippen LogP contribution in [0.4, 0.5) is 0 Å². The zero-order valence-electron chi connectivity index (χ0n) is 13.6. The Morgan fingerprint density at radius 1 is 1.15 bits per heavy atom. The molecule has 1 aromatic rings. The number of hydrogen-bond donors (Lipinski definition) is 1. The van der Waals surface area contributed by atoms with E-state index >= 15 is 0 Å². The molecule has 2 rings (SSSR count). The summed E-state index contributed by atoms with van der Waals surface area (Å²) in [4.78, 5) is 4.34. The standard InChI is InChI=1S/C18H30N2/c1-14-5-6-16(13-20-14)12-19-11-15-7-9-17(10-8-15)18(2,3)4/h5-6,13,15,17,19H,7-12H2,1-4H3. The summed E-state index contributed by atoms with van der Waals surface area (Å²) < 4.78 is 0. The second-order valence-electron chi connectivity index (χ2n) is 7.52. The molecule has 1 N–H and O–H groups in total. The molecule has 0 aromatic carbocycles. The molecule has 1 aromatic heterocycles. The Hall–Kier alpha value is -0.890. The van der Waals surface area contributed by atoms with Gasteiger partial charge in [0.1, 0.15) is 0 Å². The van der Waals surface area contributed by atoms with Crippen molar-refractivity contribution in [2.45, 2.75) is 59.9 Å². The molecule has 0 atom stereocenters. The highest BCUT2D eigenvalue weighted by Gasteiger charge is 2.29. The van der Waals surface area contributed by atoms with Gasteiger partial charge in [0.25, 0.3) is 0 Å². The summed E-state index contributed by atoms with van der Waals surface area (Å²) in [5, 5.41) is 3.60. The van der Waals surface area contributed by atoms with Crippen molar-refractivity contribution in [3.05, 3.63) is 29.6 Å². The Bertz CT molecular complexity index is 394. The summed E-state index contributed by atoms with van der Waals surface area (Å²) in [5.74, 6) is 1.78. The van der Waals surface area contributed by atoms with Crippen molar-refractivity contribution in [2.24, 2.45) is 17.3 Å². The van der Waals surface area contributed by atoms with E-state index in [4.69, 9.17) is 0 Å². The van der Waals surface area contributed by atoms with E-state index in [0.29, 0.717) is 5.41 Å². The van der Waals surface area contributed by atoms with E-state index in [1.165, 1.54) is 31.2 Å². The van der Waals surface area contributed by atoms with Crippen LogP contribution in [-0.4, -0.2) is 11.5 Å². The molecular formula is C18H30N2. The van der Waals surface area contributed by atoms with Crippen LogP contribution in [0.5, 0.6) is 0 Å². The summed E-state index contributed by atoms with van der Waals surface area (Å²) in [6, 6.07) is 4.26. The Morgan fingerprint density at radius 3 is 2.40 bits per heavy atom. The van der Waals surface area contributed by atoms with E-state index < -0.39 is 0 Å². The zero-order valence-corrected chi connectivity index (χ0v) is 13.6. The Morgan fingerprint density at radius 2 is 1.85 bits per heavy atom. The molecule has 0 spiro atoms. The third-order valence-electron chi connectivity index (χ3n) is 4.81. The molecule has 1 heterocycles. The SMILES string of the molecule is Cc1ccc(CNCC2CCC(C(C)(C)C)CC2)cn1. The van der Waals surface area contributed by atoms with Gasteiger partial charge in [-0.1, -0.05) is 26.8 Å². The molecule has 2 nitrogen and oxygen atoms in total. The molecule has 1 aliphatic rings. The first-order valence-electron chi connectivity index (χ1n) is 8.07. The summed E-state index contributed by atoms with van der Waals surface area (Å²) in [6.07, 6.45) is 7.57. The molecule has 20 heavy (non-hydrogen) atoms. The van der Waals surface area contributed by atoms with Crippen LogP contribution in [0, 0.1) is 24.2 Å². The maximum atomic E-state index is 4.34. The minimum atomic E-state index is 0.492. The monoisotopic (exact) mass is 274 g/mol. The summed E-state index contributed by atoms with van der Waals surface area (Å²) >= 11 is 0. The Kier molecular flexibility index (Phi) is 5.20. The van der Waals surface area contributed by atoms with E-state index in [2.05, 4.69) is 43.2 Å². The van der Waals surface area contributed by atoms with Crippen LogP contribution in [0.3, 0.4) is 0 Å². The van der Waals surface area contributed by atoms with Crippen molar-refractivity contribution < 1.29 is 0 Å². The highest BCUT2D eigenvalue weighted by atomic mass is 14.9. The maximum absolute atomic E-state index is 4.34. The van der Waals surface area contributed by atoms with Crippen molar-refractivity contribution in [3.63, 3.8) is 0 Å². The van der Waals surface area contributed by atoms with Crippen molar-refractivity contribution in [1.82, 2.24) is 10.3 Å². The van der Waals surface area contributed by atoms with Gasteiger partial charge >= 0.3 is 0 Å². The van der Waals surface area contributed by atoms with E-state index in [9.17, 15) is 0 Å².